The summed E-state index contributed by atoms with van der Waals surface area (Å²) in [5, 5.41) is 1.03. The van der Waals surface area contributed by atoms with Crippen molar-refractivity contribution in [2.75, 3.05) is 13.1 Å². The zero-order valence-corrected chi connectivity index (χ0v) is 15.6. The summed E-state index contributed by atoms with van der Waals surface area (Å²) in [5.74, 6) is 0. The Morgan fingerprint density at radius 3 is 2.46 bits per heavy atom. The van der Waals surface area contributed by atoms with Gasteiger partial charge < -0.3 is 14.2 Å². The van der Waals surface area contributed by atoms with Crippen LogP contribution in [0.1, 0.15) is 39.7 Å². The summed E-state index contributed by atoms with van der Waals surface area (Å²) in [7, 11) is 0. The zero-order chi connectivity index (χ0) is 17.5. The summed E-state index contributed by atoms with van der Waals surface area (Å²) in [4.78, 5) is 18.3. The largest absolute Gasteiger partial charge is 0.444 e. The molecule has 0 bridgehead atoms. The Balaban J connectivity index is 1.71. The number of imidazole rings is 1. The molecule has 1 aliphatic rings. The van der Waals surface area contributed by atoms with Gasteiger partial charge >= 0.3 is 6.09 Å². The van der Waals surface area contributed by atoms with E-state index in [4.69, 9.17) is 27.9 Å². The lowest BCUT2D eigenvalue weighted by Crippen LogP contribution is -2.42. The maximum Gasteiger partial charge on any atom is 0.410 e. The average Bonchev–Trinajstić information content (AvgIpc) is 2.89. The standard InChI is InChI=1S/C17H21Cl2N3O2/c1-17(2,3)24-16(23)21-6-4-11(5-7-21)22-10-20-14-8-12(18)13(19)9-15(14)22/h8-11H,4-7H2,1-3H3. The number of carbonyl (C=O) groups excluding carboxylic acids is 1. The molecule has 1 aromatic heterocycles. The van der Waals surface area contributed by atoms with Gasteiger partial charge in [-0.05, 0) is 45.7 Å². The molecule has 7 heteroatoms. The van der Waals surface area contributed by atoms with Gasteiger partial charge in [-0.15, -0.1) is 0 Å². The molecule has 2 heterocycles. The second-order valence-corrected chi connectivity index (χ2v) is 7.92. The van der Waals surface area contributed by atoms with E-state index in [0.717, 1.165) is 23.9 Å². The summed E-state index contributed by atoms with van der Waals surface area (Å²) in [5.41, 5.74) is 1.34. The van der Waals surface area contributed by atoms with Crippen molar-refractivity contribution in [3.05, 3.63) is 28.5 Å². The lowest BCUT2D eigenvalue weighted by Gasteiger charge is -2.34. The highest BCUT2D eigenvalue weighted by molar-refractivity contribution is 6.42. The lowest BCUT2D eigenvalue weighted by molar-refractivity contribution is 0.0189. The normalized spacial score (nSPS) is 16.6. The van der Waals surface area contributed by atoms with Crippen LogP contribution in [0.3, 0.4) is 0 Å². The first-order valence-electron chi connectivity index (χ1n) is 8.04. The van der Waals surface area contributed by atoms with E-state index >= 15 is 0 Å². The maximum absolute atomic E-state index is 12.2. The molecule has 0 N–H and O–H groups in total. The van der Waals surface area contributed by atoms with Gasteiger partial charge in [-0.1, -0.05) is 23.2 Å². The quantitative estimate of drug-likeness (QED) is 0.716. The minimum Gasteiger partial charge on any atom is -0.444 e. The Bertz CT molecular complexity index is 759. The third-order valence-electron chi connectivity index (χ3n) is 4.13. The van der Waals surface area contributed by atoms with E-state index < -0.39 is 5.60 Å². The number of halogens is 2. The summed E-state index contributed by atoms with van der Waals surface area (Å²) < 4.78 is 7.57. The Morgan fingerprint density at radius 1 is 1.21 bits per heavy atom. The first-order chi connectivity index (χ1) is 11.2. The topological polar surface area (TPSA) is 47.4 Å². The number of fused-ring (bicyclic) bond motifs is 1. The average molecular weight is 370 g/mol. The van der Waals surface area contributed by atoms with Crippen molar-refractivity contribution in [2.45, 2.75) is 45.3 Å². The molecule has 5 nitrogen and oxygen atoms in total. The Hall–Kier alpha value is -1.46. The smallest absolute Gasteiger partial charge is 0.410 e. The SMILES string of the molecule is CC(C)(C)OC(=O)N1CCC(n2cnc3cc(Cl)c(Cl)cc32)CC1. The van der Waals surface area contributed by atoms with Gasteiger partial charge in [0.25, 0.3) is 0 Å². The van der Waals surface area contributed by atoms with Gasteiger partial charge in [-0.25, -0.2) is 9.78 Å². The molecule has 0 aliphatic carbocycles. The van der Waals surface area contributed by atoms with Crippen molar-refractivity contribution < 1.29 is 9.53 Å². The number of rotatable bonds is 1. The van der Waals surface area contributed by atoms with E-state index in [1.54, 1.807) is 11.0 Å². The van der Waals surface area contributed by atoms with Crippen molar-refractivity contribution in [1.29, 1.82) is 0 Å². The minimum atomic E-state index is -0.468. The van der Waals surface area contributed by atoms with Gasteiger partial charge in [0, 0.05) is 19.1 Å². The monoisotopic (exact) mass is 369 g/mol. The number of likely N-dealkylation sites (tertiary alicyclic amines) is 1. The van der Waals surface area contributed by atoms with Gasteiger partial charge in [0.05, 0.1) is 27.4 Å². The predicted octanol–water partition coefficient (Wildman–Crippen LogP) is 4.92. The maximum atomic E-state index is 12.2. The number of aromatic nitrogens is 2. The van der Waals surface area contributed by atoms with Crippen molar-refractivity contribution in [3.63, 3.8) is 0 Å². The van der Waals surface area contributed by atoms with Crippen molar-refractivity contribution in [2.24, 2.45) is 0 Å². The van der Waals surface area contributed by atoms with Crippen LogP contribution in [0, 0.1) is 0 Å². The van der Waals surface area contributed by atoms with Gasteiger partial charge in [-0.2, -0.15) is 0 Å². The first kappa shape index (κ1) is 17.4. The fourth-order valence-electron chi connectivity index (χ4n) is 2.97. The van der Waals surface area contributed by atoms with Crippen LogP contribution in [-0.2, 0) is 4.74 Å². The predicted molar refractivity (Wildman–Crippen MR) is 95.8 cm³/mol. The van der Waals surface area contributed by atoms with Gasteiger partial charge in [0.15, 0.2) is 0 Å². The summed E-state index contributed by atoms with van der Waals surface area (Å²) in [6.45, 7) is 6.97. The number of benzene rings is 1. The van der Waals surface area contributed by atoms with Crippen LogP contribution in [0.4, 0.5) is 4.79 Å². The number of ether oxygens (including phenoxy) is 1. The fraction of sp³-hybridized carbons (Fsp3) is 0.529. The van der Waals surface area contributed by atoms with E-state index in [1.807, 2.05) is 33.2 Å². The van der Waals surface area contributed by atoms with Crippen LogP contribution in [0.5, 0.6) is 0 Å². The number of hydrogen-bond acceptors (Lipinski definition) is 3. The van der Waals surface area contributed by atoms with Gasteiger partial charge in [0.1, 0.15) is 5.60 Å². The van der Waals surface area contributed by atoms with Crippen molar-refractivity contribution >= 4 is 40.3 Å². The highest BCUT2D eigenvalue weighted by Crippen LogP contribution is 2.31. The fourth-order valence-corrected chi connectivity index (χ4v) is 3.28. The summed E-state index contributed by atoms with van der Waals surface area (Å²) >= 11 is 12.2. The highest BCUT2D eigenvalue weighted by atomic mass is 35.5. The minimum absolute atomic E-state index is 0.244. The molecule has 0 spiro atoms. The Labute approximate surface area is 151 Å². The third-order valence-corrected chi connectivity index (χ3v) is 4.85. The van der Waals surface area contributed by atoms with Crippen LogP contribution < -0.4 is 0 Å². The van der Waals surface area contributed by atoms with E-state index in [2.05, 4.69) is 9.55 Å². The summed E-state index contributed by atoms with van der Waals surface area (Å²) in [6.07, 6.45) is 3.28. The molecule has 3 rings (SSSR count). The number of hydrogen-bond donors (Lipinski definition) is 0. The Morgan fingerprint density at radius 2 is 1.83 bits per heavy atom. The highest BCUT2D eigenvalue weighted by Gasteiger charge is 2.28. The first-order valence-corrected chi connectivity index (χ1v) is 8.80. The molecule has 0 saturated carbocycles. The molecule has 1 aromatic carbocycles. The van der Waals surface area contributed by atoms with E-state index in [0.29, 0.717) is 23.1 Å². The van der Waals surface area contributed by atoms with E-state index in [-0.39, 0.29) is 12.1 Å². The molecular weight excluding hydrogens is 349 g/mol. The van der Waals surface area contributed by atoms with Gasteiger partial charge in [0.2, 0.25) is 0 Å². The van der Waals surface area contributed by atoms with Crippen LogP contribution in [-0.4, -0.2) is 39.2 Å². The van der Waals surface area contributed by atoms with E-state index in [1.165, 1.54) is 0 Å². The number of piperidine rings is 1. The van der Waals surface area contributed by atoms with E-state index in [9.17, 15) is 4.79 Å². The molecule has 24 heavy (non-hydrogen) atoms. The number of carbonyl (C=O) groups is 1. The van der Waals surface area contributed by atoms with Gasteiger partial charge in [-0.3, -0.25) is 0 Å². The molecule has 0 unspecified atom stereocenters. The van der Waals surface area contributed by atoms with Crippen LogP contribution in [0.25, 0.3) is 11.0 Å². The summed E-state index contributed by atoms with van der Waals surface area (Å²) in [6, 6.07) is 3.92. The second kappa shape index (κ2) is 6.45. The molecule has 130 valence electrons. The van der Waals surface area contributed by atoms with Crippen molar-refractivity contribution in [3.8, 4) is 0 Å². The zero-order valence-electron chi connectivity index (χ0n) is 14.1. The molecule has 1 saturated heterocycles. The lowest BCUT2D eigenvalue weighted by atomic mass is 10.0. The molecular formula is C17H21Cl2N3O2. The number of nitrogens with zero attached hydrogens (tertiary/aromatic N) is 3. The Kier molecular flexibility index (Phi) is 4.67. The molecule has 1 amide bonds. The molecule has 0 radical (unpaired) electrons. The van der Waals surface area contributed by atoms with Crippen LogP contribution in [0.15, 0.2) is 18.5 Å². The molecule has 2 aromatic rings. The van der Waals surface area contributed by atoms with Crippen molar-refractivity contribution in [1.82, 2.24) is 14.5 Å². The molecule has 1 aliphatic heterocycles. The van der Waals surface area contributed by atoms with Crippen LogP contribution in [0.2, 0.25) is 10.0 Å². The third kappa shape index (κ3) is 3.62. The second-order valence-electron chi connectivity index (χ2n) is 7.11. The molecule has 1 fully saturated rings. The van der Waals surface area contributed by atoms with Crippen LogP contribution >= 0.6 is 23.2 Å². The molecule has 0 atom stereocenters. The number of amides is 1.